The zero-order chi connectivity index (χ0) is 12.2. The lowest BCUT2D eigenvalue weighted by molar-refractivity contribution is -0.186. The van der Waals surface area contributed by atoms with Gasteiger partial charge in [0.25, 0.3) is 0 Å². The van der Waals surface area contributed by atoms with Crippen LogP contribution in [-0.4, -0.2) is 30.2 Å². The van der Waals surface area contributed by atoms with Gasteiger partial charge in [0.05, 0.1) is 0 Å². The average molecular weight is 225 g/mol. The van der Waals surface area contributed by atoms with Gasteiger partial charge in [0.1, 0.15) is 6.04 Å². The summed E-state index contributed by atoms with van der Waals surface area (Å²) in [6, 6.07) is -1.39. The zero-order valence-electron chi connectivity index (χ0n) is 10.2. The molecule has 0 bridgehead atoms. The maximum atomic E-state index is 12.7. The molecular weight excluding hydrogens is 203 g/mol. The maximum absolute atomic E-state index is 12.7. The highest BCUT2D eigenvalue weighted by Crippen LogP contribution is 2.29. The zero-order valence-corrected chi connectivity index (χ0v) is 10.2. The third kappa shape index (κ3) is 5.40. The predicted octanol–water partition coefficient (Wildman–Crippen LogP) is 3.69. The SMILES string of the molecule is CC(C)CC[C@H](N(C)C(C)C)C(F)(F)F. The lowest BCUT2D eigenvalue weighted by atomic mass is 10.0. The van der Waals surface area contributed by atoms with Crippen LogP contribution in [0.2, 0.25) is 0 Å². The number of halogens is 3. The van der Waals surface area contributed by atoms with E-state index in [4.69, 9.17) is 0 Å². The van der Waals surface area contributed by atoms with Crippen molar-refractivity contribution in [1.82, 2.24) is 4.90 Å². The molecule has 0 amide bonds. The Morgan fingerprint density at radius 3 is 1.73 bits per heavy atom. The highest BCUT2D eigenvalue weighted by molar-refractivity contribution is 4.79. The molecule has 1 atom stereocenters. The van der Waals surface area contributed by atoms with Crippen molar-refractivity contribution in [2.75, 3.05) is 7.05 Å². The van der Waals surface area contributed by atoms with Crippen LogP contribution >= 0.6 is 0 Å². The Morgan fingerprint density at radius 1 is 1.00 bits per heavy atom. The van der Waals surface area contributed by atoms with Crippen molar-refractivity contribution >= 4 is 0 Å². The molecule has 0 heterocycles. The number of nitrogens with zero attached hydrogens (tertiary/aromatic N) is 1. The molecule has 0 aliphatic rings. The second-order valence-electron chi connectivity index (χ2n) is 4.79. The second-order valence-corrected chi connectivity index (χ2v) is 4.79. The smallest absolute Gasteiger partial charge is 0.293 e. The van der Waals surface area contributed by atoms with Crippen molar-refractivity contribution in [2.45, 2.75) is 58.8 Å². The van der Waals surface area contributed by atoms with E-state index in [-0.39, 0.29) is 12.5 Å². The molecule has 1 nitrogen and oxygen atoms in total. The van der Waals surface area contributed by atoms with Crippen LogP contribution in [0.5, 0.6) is 0 Å². The van der Waals surface area contributed by atoms with Crippen LogP contribution in [0.1, 0.15) is 40.5 Å². The number of hydrogen-bond acceptors (Lipinski definition) is 1. The molecule has 0 radical (unpaired) electrons. The van der Waals surface area contributed by atoms with Gasteiger partial charge < -0.3 is 0 Å². The minimum absolute atomic E-state index is 0.0798. The quantitative estimate of drug-likeness (QED) is 0.689. The van der Waals surface area contributed by atoms with E-state index < -0.39 is 12.2 Å². The summed E-state index contributed by atoms with van der Waals surface area (Å²) in [7, 11) is 1.54. The first-order valence-electron chi connectivity index (χ1n) is 5.45. The van der Waals surface area contributed by atoms with E-state index in [2.05, 4.69) is 0 Å². The lowest BCUT2D eigenvalue weighted by Crippen LogP contribution is -2.46. The Labute approximate surface area is 90.6 Å². The van der Waals surface area contributed by atoms with E-state index in [0.717, 1.165) is 0 Å². The van der Waals surface area contributed by atoms with Gasteiger partial charge in [-0.15, -0.1) is 0 Å². The van der Waals surface area contributed by atoms with Gasteiger partial charge >= 0.3 is 6.18 Å². The lowest BCUT2D eigenvalue weighted by Gasteiger charge is -2.33. The van der Waals surface area contributed by atoms with Gasteiger partial charge in [0.15, 0.2) is 0 Å². The van der Waals surface area contributed by atoms with Crippen LogP contribution in [0.4, 0.5) is 13.2 Å². The van der Waals surface area contributed by atoms with E-state index in [9.17, 15) is 13.2 Å². The number of hydrogen-bond donors (Lipinski definition) is 0. The van der Waals surface area contributed by atoms with Crippen LogP contribution in [-0.2, 0) is 0 Å². The van der Waals surface area contributed by atoms with Crippen molar-refractivity contribution in [1.29, 1.82) is 0 Å². The molecule has 0 aromatic heterocycles. The fourth-order valence-corrected chi connectivity index (χ4v) is 1.45. The molecule has 0 rings (SSSR count). The van der Waals surface area contributed by atoms with E-state index in [1.165, 1.54) is 4.90 Å². The summed E-state index contributed by atoms with van der Waals surface area (Å²) in [5.41, 5.74) is 0. The van der Waals surface area contributed by atoms with E-state index in [1.54, 1.807) is 20.9 Å². The van der Waals surface area contributed by atoms with Crippen LogP contribution in [0, 0.1) is 5.92 Å². The van der Waals surface area contributed by atoms with Crippen molar-refractivity contribution in [3.63, 3.8) is 0 Å². The van der Waals surface area contributed by atoms with Gasteiger partial charge in [-0.05, 0) is 39.7 Å². The monoisotopic (exact) mass is 225 g/mol. The van der Waals surface area contributed by atoms with Gasteiger partial charge in [-0.3, -0.25) is 4.90 Å². The molecule has 0 N–H and O–H groups in total. The average Bonchev–Trinajstić information content (AvgIpc) is 2.00. The Balaban J connectivity index is 4.46. The molecule has 0 aromatic carbocycles. The molecule has 0 unspecified atom stereocenters. The second kappa shape index (κ2) is 5.73. The molecule has 0 aliphatic heterocycles. The summed E-state index contributed by atoms with van der Waals surface area (Å²) in [6.45, 7) is 7.47. The Hall–Kier alpha value is -0.250. The Bertz CT molecular complexity index is 175. The fraction of sp³-hybridized carbons (Fsp3) is 1.00. The first-order chi connectivity index (χ1) is 6.66. The molecule has 92 valence electrons. The predicted molar refractivity (Wildman–Crippen MR) is 56.8 cm³/mol. The van der Waals surface area contributed by atoms with Crippen LogP contribution in [0.25, 0.3) is 0 Å². The molecule has 0 saturated carbocycles. The number of rotatable bonds is 5. The summed E-state index contributed by atoms with van der Waals surface area (Å²) < 4.78 is 38.2. The van der Waals surface area contributed by atoms with Gasteiger partial charge in [-0.2, -0.15) is 13.2 Å². The minimum atomic E-state index is -4.12. The summed E-state index contributed by atoms with van der Waals surface area (Å²) in [5, 5.41) is 0. The Morgan fingerprint density at radius 2 is 1.47 bits per heavy atom. The van der Waals surface area contributed by atoms with Gasteiger partial charge in [-0.1, -0.05) is 13.8 Å². The maximum Gasteiger partial charge on any atom is 0.404 e. The van der Waals surface area contributed by atoms with Crippen molar-refractivity contribution < 1.29 is 13.2 Å². The third-order valence-corrected chi connectivity index (χ3v) is 2.70. The highest BCUT2D eigenvalue weighted by Gasteiger charge is 2.42. The normalized spacial score (nSPS) is 15.4. The van der Waals surface area contributed by atoms with E-state index >= 15 is 0 Å². The molecule has 0 saturated heterocycles. The van der Waals surface area contributed by atoms with Gasteiger partial charge in [0.2, 0.25) is 0 Å². The largest absolute Gasteiger partial charge is 0.404 e. The summed E-state index contributed by atoms with van der Waals surface area (Å²) in [5.74, 6) is 0.315. The standard InChI is InChI=1S/C11H22F3N/c1-8(2)6-7-10(11(12,13)14)15(5)9(3)4/h8-10H,6-7H2,1-5H3/t10-/m0/s1. The van der Waals surface area contributed by atoms with Gasteiger partial charge in [0, 0.05) is 6.04 Å². The van der Waals surface area contributed by atoms with Crippen LogP contribution < -0.4 is 0 Å². The summed E-state index contributed by atoms with van der Waals surface area (Å²) in [6.07, 6.45) is -3.31. The van der Waals surface area contributed by atoms with Crippen molar-refractivity contribution in [2.24, 2.45) is 5.92 Å². The first kappa shape index (κ1) is 14.8. The molecular formula is C11H22F3N. The van der Waals surface area contributed by atoms with E-state index in [1.807, 2.05) is 13.8 Å². The third-order valence-electron chi connectivity index (χ3n) is 2.70. The molecule has 15 heavy (non-hydrogen) atoms. The molecule has 0 spiro atoms. The highest BCUT2D eigenvalue weighted by atomic mass is 19.4. The molecule has 0 aliphatic carbocycles. The fourth-order valence-electron chi connectivity index (χ4n) is 1.45. The van der Waals surface area contributed by atoms with Crippen molar-refractivity contribution in [3.8, 4) is 0 Å². The Kier molecular flexibility index (Phi) is 5.63. The first-order valence-corrected chi connectivity index (χ1v) is 5.45. The number of alkyl halides is 3. The summed E-state index contributed by atoms with van der Waals surface area (Å²) in [4.78, 5) is 1.41. The molecule has 4 heteroatoms. The van der Waals surface area contributed by atoms with Gasteiger partial charge in [-0.25, -0.2) is 0 Å². The molecule has 0 aromatic rings. The van der Waals surface area contributed by atoms with E-state index in [0.29, 0.717) is 12.3 Å². The molecule has 0 fully saturated rings. The topological polar surface area (TPSA) is 3.24 Å². The van der Waals surface area contributed by atoms with Crippen LogP contribution in [0.15, 0.2) is 0 Å². The summed E-state index contributed by atoms with van der Waals surface area (Å²) >= 11 is 0. The minimum Gasteiger partial charge on any atom is -0.293 e. The van der Waals surface area contributed by atoms with Crippen molar-refractivity contribution in [3.05, 3.63) is 0 Å². The van der Waals surface area contributed by atoms with Crippen LogP contribution in [0.3, 0.4) is 0 Å².